The zero-order valence-electron chi connectivity index (χ0n) is 13.9. The van der Waals surface area contributed by atoms with Crippen LogP contribution < -0.4 is 10.1 Å². The van der Waals surface area contributed by atoms with Gasteiger partial charge in [0.15, 0.2) is 0 Å². The van der Waals surface area contributed by atoms with Crippen LogP contribution in [0.5, 0.6) is 5.75 Å². The van der Waals surface area contributed by atoms with Crippen molar-refractivity contribution in [2.24, 2.45) is 5.92 Å². The number of nitrogens with one attached hydrogen (secondary N) is 1. The minimum Gasteiger partial charge on any atom is -0.481 e. The van der Waals surface area contributed by atoms with Gasteiger partial charge in [-0.05, 0) is 54.2 Å². The van der Waals surface area contributed by atoms with Gasteiger partial charge < -0.3 is 10.1 Å². The fourth-order valence-electron chi connectivity index (χ4n) is 2.90. The molecule has 0 radical (unpaired) electrons. The highest BCUT2D eigenvalue weighted by Crippen LogP contribution is 2.47. The number of hydrogen-bond acceptors (Lipinski definition) is 2. The maximum atomic E-state index is 12.3. The van der Waals surface area contributed by atoms with Crippen molar-refractivity contribution in [3.8, 4) is 18.1 Å². The zero-order valence-corrected chi connectivity index (χ0v) is 15.5. The number of carbonyl (C=O) groups is 1. The SMILES string of the molecule is C#CCOc1ccc(CCNC(=O)C2CC2c2ccc(Br)cc2)cc1. The Hall–Kier alpha value is -2.25. The van der Waals surface area contributed by atoms with Gasteiger partial charge in [-0.2, -0.15) is 0 Å². The lowest BCUT2D eigenvalue weighted by molar-refractivity contribution is -0.122. The van der Waals surface area contributed by atoms with E-state index in [0.29, 0.717) is 12.5 Å². The Morgan fingerprint density at radius 3 is 2.60 bits per heavy atom. The first-order chi connectivity index (χ1) is 12.2. The Labute approximate surface area is 156 Å². The molecule has 25 heavy (non-hydrogen) atoms. The minimum atomic E-state index is 0.112. The van der Waals surface area contributed by atoms with Gasteiger partial charge in [0.2, 0.25) is 5.91 Å². The summed E-state index contributed by atoms with van der Waals surface area (Å²) in [6.07, 6.45) is 6.91. The third-order valence-electron chi connectivity index (χ3n) is 4.38. The van der Waals surface area contributed by atoms with Gasteiger partial charge in [0.25, 0.3) is 0 Å². The van der Waals surface area contributed by atoms with E-state index in [4.69, 9.17) is 11.2 Å². The minimum absolute atomic E-state index is 0.112. The smallest absolute Gasteiger partial charge is 0.223 e. The molecular weight excluding hydrogens is 378 g/mol. The lowest BCUT2D eigenvalue weighted by Gasteiger charge is -2.07. The molecule has 1 aliphatic carbocycles. The molecular formula is C21H20BrNO2. The summed E-state index contributed by atoms with van der Waals surface area (Å²) < 4.78 is 6.41. The predicted molar refractivity (Wildman–Crippen MR) is 102 cm³/mol. The van der Waals surface area contributed by atoms with Crippen molar-refractivity contribution in [2.75, 3.05) is 13.2 Å². The molecule has 128 valence electrons. The number of hydrogen-bond donors (Lipinski definition) is 1. The average Bonchev–Trinajstić information content (AvgIpc) is 3.42. The Balaban J connectivity index is 1.41. The van der Waals surface area contributed by atoms with E-state index in [0.717, 1.165) is 28.6 Å². The molecule has 2 unspecified atom stereocenters. The summed E-state index contributed by atoms with van der Waals surface area (Å²) in [5.74, 6) is 3.83. The molecule has 0 aromatic heterocycles. The highest BCUT2D eigenvalue weighted by Gasteiger charge is 2.43. The first-order valence-electron chi connectivity index (χ1n) is 8.36. The van der Waals surface area contributed by atoms with Crippen molar-refractivity contribution in [3.63, 3.8) is 0 Å². The van der Waals surface area contributed by atoms with Crippen molar-refractivity contribution in [1.29, 1.82) is 0 Å². The van der Waals surface area contributed by atoms with E-state index in [1.165, 1.54) is 5.56 Å². The van der Waals surface area contributed by atoms with Gasteiger partial charge in [-0.3, -0.25) is 4.79 Å². The van der Waals surface area contributed by atoms with Crippen LogP contribution in [0.15, 0.2) is 53.0 Å². The maximum absolute atomic E-state index is 12.3. The van der Waals surface area contributed by atoms with E-state index >= 15 is 0 Å². The molecule has 0 spiro atoms. The molecule has 0 bridgehead atoms. The standard InChI is InChI=1S/C21H20BrNO2/c1-2-13-25-18-9-3-15(4-10-18)11-12-23-21(24)20-14-19(20)16-5-7-17(22)8-6-16/h1,3-10,19-20H,11-14H2,(H,23,24). The van der Waals surface area contributed by atoms with Crippen molar-refractivity contribution >= 4 is 21.8 Å². The number of carbonyl (C=O) groups excluding carboxylic acids is 1. The third kappa shape index (κ3) is 4.87. The van der Waals surface area contributed by atoms with Gasteiger partial charge in [-0.1, -0.05) is 46.1 Å². The second-order valence-corrected chi connectivity index (χ2v) is 7.09. The largest absolute Gasteiger partial charge is 0.481 e. The van der Waals surface area contributed by atoms with E-state index in [1.807, 2.05) is 36.4 Å². The first kappa shape index (κ1) is 17.6. The molecule has 1 N–H and O–H groups in total. The van der Waals surface area contributed by atoms with Crippen LogP contribution in [0.25, 0.3) is 0 Å². The number of terminal acetylenes is 1. The van der Waals surface area contributed by atoms with E-state index in [9.17, 15) is 4.79 Å². The average molecular weight is 398 g/mol. The number of halogens is 1. The monoisotopic (exact) mass is 397 g/mol. The first-order valence-corrected chi connectivity index (χ1v) is 9.15. The van der Waals surface area contributed by atoms with Gasteiger partial charge >= 0.3 is 0 Å². The molecule has 3 rings (SSSR count). The van der Waals surface area contributed by atoms with Crippen LogP contribution in [0.1, 0.15) is 23.5 Å². The molecule has 1 aliphatic rings. The molecule has 2 aromatic rings. The molecule has 2 aromatic carbocycles. The van der Waals surface area contributed by atoms with Crippen LogP contribution in [0.4, 0.5) is 0 Å². The number of benzene rings is 2. The summed E-state index contributed by atoms with van der Waals surface area (Å²) in [6, 6.07) is 16.0. The van der Waals surface area contributed by atoms with Crippen molar-refractivity contribution in [3.05, 3.63) is 64.1 Å². The van der Waals surface area contributed by atoms with E-state index in [1.54, 1.807) is 0 Å². The fourth-order valence-corrected chi connectivity index (χ4v) is 3.17. The van der Waals surface area contributed by atoms with Crippen LogP contribution >= 0.6 is 15.9 Å². The maximum Gasteiger partial charge on any atom is 0.223 e. The fraction of sp³-hybridized carbons (Fsp3) is 0.286. The van der Waals surface area contributed by atoms with Gasteiger partial charge in [0.1, 0.15) is 12.4 Å². The molecule has 0 heterocycles. The van der Waals surface area contributed by atoms with Crippen LogP contribution in [-0.4, -0.2) is 19.1 Å². The molecule has 1 saturated carbocycles. The third-order valence-corrected chi connectivity index (χ3v) is 4.91. The summed E-state index contributed by atoms with van der Waals surface area (Å²) in [7, 11) is 0. The number of amides is 1. The van der Waals surface area contributed by atoms with E-state index in [-0.39, 0.29) is 18.4 Å². The normalized spacial score (nSPS) is 18.2. The highest BCUT2D eigenvalue weighted by atomic mass is 79.9. The van der Waals surface area contributed by atoms with Crippen LogP contribution in [0.3, 0.4) is 0 Å². The van der Waals surface area contributed by atoms with E-state index < -0.39 is 0 Å². The van der Waals surface area contributed by atoms with Crippen molar-refractivity contribution in [1.82, 2.24) is 5.32 Å². The summed E-state index contributed by atoms with van der Waals surface area (Å²) in [5.41, 5.74) is 2.40. The zero-order chi connectivity index (χ0) is 17.6. The van der Waals surface area contributed by atoms with Crippen LogP contribution in [-0.2, 0) is 11.2 Å². The summed E-state index contributed by atoms with van der Waals surface area (Å²) >= 11 is 3.44. The van der Waals surface area contributed by atoms with Gasteiger partial charge in [0, 0.05) is 16.9 Å². The topological polar surface area (TPSA) is 38.3 Å². The molecule has 0 aliphatic heterocycles. The van der Waals surface area contributed by atoms with Gasteiger partial charge in [-0.15, -0.1) is 6.42 Å². The Morgan fingerprint density at radius 2 is 1.92 bits per heavy atom. The summed E-state index contributed by atoms with van der Waals surface area (Å²) in [4.78, 5) is 12.3. The van der Waals surface area contributed by atoms with E-state index in [2.05, 4.69) is 39.3 Å². The van der Waals surface area contributed by atoms with Crippen LogP contribution in [0.2, 0.25) is 0 Å². The van der Waals surface area contributed by atoms with Gasteiger partial charge in [0.05, 0.1) is 0 Å². The molecule has 2 atom stereocenters. The molecule has 1 fully saturated rings. The summed E-state index contributed by atoms with van der Waals surface area (Å²) in [5, 5.41) is 3.05. The number of ether oxygens (including phenoxy) is 1. The molecule has 0 saturated heterocycles. The lowest BCUT2D eigenvalue weighted by atomic mass is 10.1. The Morgan fingerprint density at radius 1 is 1.20 bits per heavy atom. The second kappa shape index (κ2) is 8.22. The quantitative estimate of drug-likeness (QED) is 0.718. The van der Waals surface area contributed by atoms with Crippen LogP contribution in [0, 0.1) is 18.3 Å². The second-order valence-electron chi connectivity index (χ2n) is 6.18. The lowest BCUT2D eigenvalue weighted by Crippen LogP contribution is -2.27. The predicted octanol–water partition coefficient (Wildman–Crippen LogP) is 3.92. The highest BCUT2D eigenvalue weighted by molar-refractivity contribution is 9.10. The molecule has 4 heteroatoms. The molecule has 1 amide bonds. The van der Waals surface area contributed by atoms with Gasteiger partial charge in [-0.25, -0.2) is 0 Å². The van der Waals surface area contributed by atoms with Crippen molar-refractivity contribution in [2.45, 2.75) is 18.8 Å². The number of rotatable bonds is 7. The Kier molecular flexibility index (Phi) is 5.78. The Bertz CT molecular complexity index is 762. The summed E-state index contributed by atoms with van der Waals surface area (Å²) in [6.45, 7) is 0.920. The molecule has 3 nitrogen and oxygen atoms in total. The van der Waals surface area contributed by atoms with Crippen molar-refractivity contribution < 1.29 is 9.53 Å².